The number of carbonyl (C=O) groups is 1. The molecule has 1 aliphatic carbocycles. The summed E-state index contributed by atoms with van der Waals surface area (Å²) in [5.74, 6) is 1.06. The molecule has 1 fully saturated rings. The Morgan fingerprint density at radius 3 is 2.92 bits per heavy atom. The highest BCUT2D eigenvalue weighted by Gasteiger charge is 2.47. The van der Waals surface area contributed by atoms with E-state index >= 15 is 0 Å². The average Bonchev–Trinajstić information content (AvgIpc) is 3.10. The fourth-order valence-corrected chi connectivity index (χ4v) is 2.96. The lowest BCUT2D eigenvalue weighted by Gasteiger charge is -2.19. The van der Waals surface area contributed by atoms with Crippen molar-refractivity contribution in [1.82, 2.24) is 14.8 Å². The first-order valence-electron chi connectivity index (χ1n) is 8.35. The summed E-state index contributed by atoms with van der Waals surface area (Å²) < 4.78 is 7.39. The van der Waals surface area contributed by atoms with E-state index in [0.717, 1.165) is 37.9 Å². The lowest BCUT2D eigenvalue weighted by Crippen LogP contribution is -2.26. The Labute approximate surface area is 147 Å². The summed E-state index contributed by atoms with van der Waals surface area (Å²) in [6.07, 6.45) is 7.61. The topological polar surface area (TPSA) is 57.0 Å². The van der Waals surface area contributed by atoms with Gasteiger partial charge < -0.3 is 4.74 Å². The lowest BCUT2D eigenvalue weighted by molar-refractivity contribution is -0.127. The number of hydrogen-bond donors (Lipinski definition) is 0. The van der Waals surface area contributed by atoms with Gasteiger partial charge in [-0.05, 0) is 50.3 Å². The van der Waals surface area contributed by atoms with Crippen LogP contribution in [0.4, 0.5) is 0 Å². The maximum atomic E-state index is 12.7. The Morgan fingerprint density at radius 1 is 1.42 bits per heavy atom. The molecule has 1 aliphatic rings. The summed E-state index contributed by atoms with van der Waals surface area (Å²) in [6.45, 7) is 2.65. The van der Waals surface area contributed by atoms with Crippen molar-refractivity contribution in [2.24, 2.45) is 5.41 Å². The van der Waals surface area contributed by atoms with Crippen molar-refractivity contribution in [3.63, 3.8) is 0 Å². The highest BCUT2D eigenvalue weighted by molar-refractivity contribution is 6.30. The van der Waals surface area contributed by atoms with E-state index in [1.807, 2.05) is 25.1 Å². The van der Waals surface area contributed by atoms with Gasteiger partial charge in [-0.3, -0.25) is 4.79 Å². The number of benzene rings is 1. The van der Waals surface area contributed by atoms with Crippen LogP contribution in [0.1, 0.15) is 45.1 Å². The van der Waals surface area contributed by atoms with Crippen LogP contribution in [0.25, 0.3) is 0 Å². The minimum Gasteiger partial charge on any atom is -0.494 e. The number of nitrogens with zero attached hydrogens (tertiary/aromatic N) is 3. The molecule has 0 radical (unpaired) electrons. The molecular weight excluding hydrogens is 326 g/mol. The zero-order valence-electron chi connectivity index (χ0n) is 13.8. The van der Waals surface area contributed by atoms with Crippen LogP contribution >= 0.6 is 11.6 Å². The normalized spacial score (nSPS) is 16.6. The van der Waals surface area contributed by atoms with Crippen molar-refractivity contribution in [3.8, 4) is 5.75 Å². The van der Waals surface area contributed by atoms with Gasteiger partial charge in [-0.2, -0.15) is 5.10 Å². The van der Waals surface area contributed by atoms with Gasteiger partial charge in [0.15, 0.2) is 5.78 Å². The van der Waals surface area contributed by atoms with E-state index in [0.29, 0.717) is 11.6 Å². The highest BCUT2D eigenvalue weighted by Crippen LogP contribution is 2.48. The van der Waals surface area contributed by atoms with Gasteiger partial charge in [-0.15, -0.1) is 0 Å². The van der Waals surface area contributed by atoms with Crippen LogP contribution in [-0.2, 0) is 4.79 Å². The largest absolute Gasteiger partial charge is 0.494 e. The maximum absolute atomic E-state index is 12.7. The van der Waals surface area contributed by atoms with Gasteiger partial charge in [0.05, 0.1) is 6.61 Å². The second kappa shape index (κ2) is 7.34. The monoisotopic (exact) mass is 347 g/mol. The molecule has 1 unspecified atom stereocenters. The summed E-state index contributed by atoms with van der Waals surface area (Å²) in [5.41, 5.74) is -0.159. The van der Waals surface area contributed by atoms with Crippen molar-refractivity contribution in [1.29, 1.82) is 0 Å². The molecule has 1 heterocycles. The predicted molar refractivity (Wildman–Crippen MR) is 92.2 cm³/mol. The first kappa shape index (κ1) is 17.0. The molecule has 1 atom stereocenters. The molecule has 1 saturated carbocycles. The smallest absolute Gasteiger partial charge is 0.163 e. The third-order valence-corrected chi connectivity index (χ3v) is 4.83. The third-order valence-electron chi connectivity index (χ3n) is 4.59. The molecule has 128 valence electrons. The van der Waals surface area contributed by atoms with E-state index in [-0.39, 0.29) is 17.2 Å². The average molecular weight is 348 g/mol. The second-order valence-electron chi connectivity index (χ2n) is 6.62. The predicted octanol–water partition coefficient (Wildman–Crippen LogP) is 4.09. The molecule has 24 heavy (non-hydrogen) atoms. The van der Waals surface area contributed by atoms with Crippen LogP contribution in [0.15, 0.2) is 36.9 Å². The van der Waals surface area contributed by atoms with Gasteiger partial charge >= 0.3 is 0 Å². The molecule has 0 aliphatic heterocycles. The Morgan fingerprint density at radius 2 is 2.25 bits per heavy atom. The summed E-state index contributed by atoms with van der Waals surface area (Å²) in [5, 5.41) is 4.84. The number of carbonyl (C=O) groups excluding carboxylic acids is 1. The SMILES string of the molecule is CC1(C(=O)C(CCCCOc2cccc(Cl)c2)n2cncn2)CC1. The van der Waals surface area contributed by atoms with Crippen LogP contribution in [0, 0.1) is 5.41 Å². The lowest BCUT2D eigenvalue weighted by atomic mass is 9.94. The van der Waals surface area contributed by atoms with Crippen LogP contribution in [0.3, 0.4) is 0 Å². The van der Waals surface area contributed by atoms with Gasteiger partial charge in [-0.25, -0.2) is 9.67 Å². The van der Waals surface area contributed by atoms with Gasteiger partial charge in [-0.1, -0.05) is 24.6 Å². The zero-order chi connectivity index (χ0) is 17.0. The molecule has 1 aromatic heterocycles. The van der Waals surface area contributed by atoms with Crippen molar-refractivity contribution in [2.75, 3.05) is 6.61 Å². The first-order chi connectivity index (χ1) is 11.6. The van der Waals surface area contributed by atoms with Crippen LogP contribution in [0.5, 0.6) is 5.75 Å². The quantitative estimate of drug-likeness (QED) is 0.641. The van der Waals surface area contributed by atoms with Crippen LogP contribution in [-0.4, -0.2) is 27.2 Å². The summed E-state index contributed by atoms with van der Waals surface area (Å²) in [7, 11) is 0. The van der Waals surface area contributed by atoms with E-state index in [1.165, 1.54) is 6.33 Å². The molecule has 0 N–H and O–H groups in total. The summed E-state index contributed by atoms with van der Waals surface area (Å²) >= 11 is 5.93. The van der Waals surface area contributed by atoms with Crippen molar-refractivity contribution >= 4 is 17.4 Å². The molecule has 0 spiro atoms. The number of ketones is 1. The second-order valence-corrected chi connectivity index (χ2v) is 7.05. The highest BCUT2D eigenvalue weighted by atomic mass is 35.5. The molecule has 1 aromatic carbocycles. The van der Waals surface area contributed by atoms with Gasteiger partial charge in [0.25, 0.3) is 0 Å². The third kappa shape index (κ3) is 4.15. The molecule has 3 rings (SSSR count). The minimum absolute atomic E-state index is 0.159. The Balaban J connectivity index is 1.48. The molecule has 0 saturated heterocycles. The number of ether oxygens (including phenoxy) is 1. The van der Waals surface area contributed by atoms with Gasteiger partial charge in [0, 0.05) is 10.4 Å². The zero-order valence-corrected chi connectivity index (χ0v) is 14.6. The molecule has 5 nitrogen and oxygen atoms in total. The number of hydrogen-bond acceptors (Lipinski definition) is 4. The van der Waals surface area contributed by atoms with E-state index < -0.39 is 0 Å². The Hall–Kier alpha value is -1.88. The molecule has 0 bridgehead atoms. The van der Waals surface area contributed by atoms with Gasteiger partial charge in [0.1, 0.15) is 24.4 Å². The maximum Gasteiger partial charge on any atom is 0.163 e. The van der Waals surface area contributed by atoms with Crippen LogP contribution in [0.2, 0.25) is 5.02 Å². The Kier molecular flexibility index (Phi) is 5.19. The number of aromatic nitrogens is 3. The number of Topliss-reactive ketones (excluding diaryl/α,β-unsaturated/α-hetero) is 1. The van der Waals surface area contributed by atoms with E-state index in [1.54, 1.807) is 17.1 Å². The van der Waals surface area contributed by atoms with Crippen molar-refractivity contribution < 1.29 is 9.53 Å². The fraction of sp³-hybridized carbons (Fsp3) is 0.500. The van der Waals surface area contributed by atoms with Crippen molar-refractivity contribution in [2.45, 2.75) is 45.1 Å². The summed E-state index contributed by atoms with van der Waals surface area (Å²) in [4.78, 5) is 16.7. The van der Waals surface area contributed by atoms with Crippen LogP contribution < -0.4 is 4.74 Å². The fourth-order valence-electron chi connectivity index (χ4n) is 2.78. The Bertz CT molecular complexity index is 683. The summed E-state index contributed by atoms with van der Waals surface area (Å²) in [6, 6.07) is 7.17. The molecule has 2 aromatic rings. The first-order valence-corrected chi connectivity index (χ1v) is 8.73. The van der Waals surface area contributed by atoms with E-state index in [2.05, 4.69) is 10.1 Å². The van der Waals surface area contributed by atoms with E-state index in [9.17, 15) is 4.79 Å². The minimum atomic E-state index is -0.217. The molecular formula is C18H22ClN3O2. The number of halogens is 1. The van der Waals surface area contributed by atoms with Gasteiger partial charge in [0.2, 0.25) is 0 Å². The van der Waals surface area contributed by atoms with E-state index in [4.69, 9.17) is 16.3 Å². The number of rotatable bonds is 9. The molecule has 6 heteroatoms. The number of unbranched alkanes of at least 4 members (excludes halogenated alkanes) is 1. The molecule has 0 amide bonds. The van der Waals surface area contributed by atoms with Crippen molar-refractivity contribution in [3.05, 3.63) is 41.9 Å². The standard InChI is InChI=1S/C18H22ClN3O2/c1-18(8-9-18)17(23)16(22-13-20-12-21-22)7-2-3-10-24-15-6-4-5-14(19)11-15/h4-6,11-13,16H,2-3,7-10H2,1H3.